The van der Waals surface area contributed by atoms with Crippen LogP contribution in [0.25, 0.3) is 10.2 Å². The van der Waals surface area contributed by atoms with Gasteiger partial charge in [-0.2, -0.15) is 0 Å². The Labute approximate surface area is 168 Å². The Bertz CT molecular complexity index is 1110. The molecule has 0 atom stereocenters. The summed E-state index contributed by atoms with van der Waals surface area (Å²) < 4.78 is 1.93. The maximum Gasteiger partial charge on any atom is 0.323 e. The summed E-state index contributed by atoms with van der Waals surface area (Å²) >= 11 is 1.61. The predicted molar refractivity (Wildman–Crippen MR) is 115 cm³/mol. The molecule has 0 saturated carbocycles. The molecule has 0 fully saturated rings. The van der Waals surface area contributed by atoms with Crippen LogP contribution in [0.5, 0.6) is 0 Å². The van der Waals surface area contributed by atoms with Crippen LogP contribution < -0.4 is 0 Å². The summed E-state index contributed by atoms with van der Waals surface area (Å²) in [5.41, 5.74) is 6.33. The largest absolute Gasteiger partial charge is 0.480 e. The highest BCUT2D eigenvalue weighted by Crippen LogP contribution is 2.32. The first-order valence-corrected chi connectivity index (χ1v) is 10.4. The van der Waals surface area contributed by atoms with Crippen molar-refractivity contribution in [1.82, 2.24) is 4.57 Å². The molecule has 1 N–H and O–H groups in total. The van der Waals surface area contributed by atoms with Gasteiger partial charge in [0.2, 0.25) is 0 Å². The molecule has 0 aliphatic heterocycles. The smallest absolute Gasteiger partial charge is 0.323 e. The topological polar surface area (TPSA) is 42.2 Å². The first-order chi connectivity index (χ1) is 13.6. The molecule has 4 rings (SSSR count). The Morgan fingerprint density at radius 1 is 0.964 bits per heavy atom. The van der Waals surface area contributed by atoms with Gasteiger partial charge in [-0.05, 0) is 53.5 Å². The second-order valence-electron chi connectivity index (χ2n) is 7.11. The van der Waals surface area contributed by atoms with Gasteiger partial charge in [-0.3, -0.25) is 4.79 Å². The van der Waals surface area contributed by atoms with Gasteiger partial charge < -0.3 is 9.67 Å². The molecule has 4 aromatic rings. The van der Waals surface area contributed by atoms with Crippen LogP contribution in [-0.4, -0.2) is 15.6 Å². The third-order valence-corrected chi connectivity index (χ3v) is 6.30. The lowest BCUT2D eigenvalue weighted by molar-refractivity contribution is -0.137. The molecule has 3 nitrogen and oxygen atoms in total. The van der Waals surface area contributed by atoms with Gasteiger partial charge in [0.15, 0.2) is 0 Å². The van der Waals surface area contributed by atoms with E-state index in [2.05, 4.69) is 54.6 Å². The molecule has 0 unspecified atom stereocenters. The van der Waals surface area contributed by atoms with E-state index in [9.17, 15) is 9.90 Å². The van der Waals surface area contributed by atoms with Gasteiger partial charge >= 0.3 is 5.97 Å². The Kier molecular flexibility index (Phi) is 5.31. The number of fused-ring (bicyclic) bond motifs is 1. The molecule has 142 valence electrons. The van der Waals surface area contributed by atoms with E-state index in [0.29, 0.717) is 0 Å². The zero-order valence-electron chi connectivity index (χ0n) is 15.9. The summed E-state index contributed by atoms with van der Waals surface area (Å²) in [6.07, 6.45) is 2.85. The fraction of sp³-hybridized carbons (Fsp3) is 0.208. The number of nitrogens with zero attached hydrogens (tertiary/aromatic N) is 1. The van der Waals surface area contributed by atoms with E-state index in [1.54, 1.807) is 11.3 Å². The average Bonchev–Trinajstić information content (AvgIpc) is 3.26. The summed E-state index contributed by atoms with van der Waals surface area (Å²) in [5, 5.41) is 12.5. The lowest BCUT2D eigenvalue weighted by Gasteiger charge is -2.11. The van der Waals surface area contributed by atoms with Crippen LogP contribution in [0.1, 0.15) is 27.9 Å². The molecule has 2 aromatic heterocycles. The van der Waals surface area contributed by atoms with Crippen LogP contribution in [0.3, 0.4) is 0 Å². The van der Waals surface area contributed by atoms with Crippen molar-refractivity contribution in [3.8, 4) is 0 Å². The van der Waals surface area contributed by atoms with E-state index in [1.807, 2.05) is 22.9 Å². The van der Waals surface area contributed by atoms with Crippen molar-refractivity contribution in [1.29, 1.82) is 0 Å². The van der Waals surface area contributed by atoms with Crippen LogP contribution in [0, 0.1) is 6.92 Å². The van der Waals surface area contributed by atoms with E-state index in [1.165, 1.54) is 27.6 Å². The summed E-state index contributed by atoms with van der Waals surface area (Å²) in [6.45, 7) is 2.05. The lowest BCUT2D eigenvalue weighted by Crippen LogP contribution is -2.10. The summed E-state index contributed by atoms with van der Waals surface area (Å²) in [4.78, 5) is 12.4. The van der Waals surface area contributed by atoms with Crippen molar-refractivity contribution in [3.63, 3.8) is 0 Å². The highest BCUT2D eigenvalue weighted by molar-refractivity contribution is 7.16. The fourth-order valence-electron chi connectivity index (χ4n) is 3.89. The van der Waals surface area contributed by atoms with Crippen molar-refractivity contribution in [2.45, 2.75) is 32.7 Å². The molecule has 0 spiro atoms. The summed E-state index contributed by atoms with van der Waals surface area (Å²) in [6, 6.07) is 21.3. The Morgan fingerprint density at radius 3 is 2.43 bits per heavy atom. The minimum atomic E-state index is -0.803. The van der Waals surface area contributed by atoms with Crippen LogP contribution in [0.15, 0.2) is 66.0 Å². The standard InChI is InChI=1S/C24H23NO2S/c1-17-22(21-13-14-28-24(21)25(17)16-23(26)27)15-20-10-6-5-9-19(20)12-11-18-7-3-2-4-8-18/h2-10,13-14H,11-12,15-16H2,1H3,(H,26,27). The van der Waals surface area contributed by atoms with Gasteiger partial charge in [0.05, 0.1) is 0 Å². The van der Waals surface area contributed by atoms with Gasteiger partial charge in [-0.25, -0.2) is 0 Å². The molecule has 0 saturated heterocycles. The minimum absolute atomic E-state index is 0.0124. The lowest BCUT2D eigenvalue weighted by atomic mass is 9.95. The number of carbonyl (C=O) groups is 1. The number of hydrogen-bond donors (Lipinski definition) is 1. The number of aliphatic carboxylic acids is 1. The van der Waals surface area contributed by atoms with Crippen LogP contribution >= 0.6 is 11.3 Å². The zero-order valence-corrected chi connectivity index (χ0v) is 16.7. The van der Waals surface area contributed by atoms with Crippen molar-refractivity contribution in [2.24, 2.45) is 0 Å². The number of thiophene rings is 1. The number of rotatable bonds is 7. The maximum absolute atomic E-state index is 11.3. The SMILES string of the molecule is Cc1c(Cc2ccccc2CCc2ccccc2)c2ccsc2n1CC(=O)O. The van der Waals surface area contributed by atoms with Crippen molar-refractivity contribution in [3.05, 3.63) is 94.0 Å². The Morgan fingerprint density at radius 2 is 1.68 bits per heavy atom. The second kappa shape index (κ2) is 8.03. The maximum atomic E-state index is 11.3. The van der Waals surface area contributed by atoms with Gasteiger partial charge in [0.25, 0.3) is 0 Å². The molecule has 0 bridgehead atoms. The van der Waals surface area contributed by atoms with Crippen molar-refractivity contribution >= 4 is 27.5 Å². The molecule has 0 aliphatic rings. The van der Waals surface area contributed by atoms with Gasteiger partial charge in [0.1, 0.15) is 11.4 Å². The Hall–Kier alpha value is -2.85. The van der Waals surface area contributed by atoms with E-state index in [-0.39, 0.29) is 6.54 Å². The number of hydrogen-bond acceptors (Lipinski definition) is 2. The Balaban J connectivity index is 1.64. The van der Waals surface area contributed by atoms with Gasteiger partial charge in [0, 0.05) is 17.5 Å². The molecule has 0 radical (unpaired) electrons. The molecule has 2 heterocycles. The molecule has 0 amide bonds. The predicted octanol–water partition coefficient (Wildman–Crippen LogP) is 5.47. The normalized spacial score (nSPS) is 11.2. The third kappa shape index (κ3) is 3.73. The highest BCUT2D eigenvalue weighted by Gasteiger charge is 2.18. The van der Waals surface area contributed by atoms with Gasteiger partial charge in [-0.15, -0.1) is 11.3 Å². The average molecular weight is 390 g/mol. The zero-order chi connectivity index (χ0) is 19.5. The van der Waals surface area contributed by atoms with E-state index in [4.69, 9.17) is 0 Å². The van der Waals surface area contributed by atoms with Crippen molar-refractivity contribution in [2.75, 3.05) is 0 Å². The molecular weight excluding hydrogens is 366 g/mol. The van der Waals surface area contributed by atoms with Crippen LogP contribution in [0.4, 0.5) is 0 Å². The molecule has 4 heteroatoms. The number of benzene rings is 2. The summed E-state index contributed by atoms with van der Waals surface area (Å²) in [5.74, 6) is -0.803. The molecule has 2 aromatic carbocycles. The van der Waals surface area contributed by atoms with Gasteiger partial charge in [-0.1, -0.05) is 54.6 Å². The number of aromatic nitrogens is 1. The summed E-state index contributed by atoms with van der Waals surface area (Å²) in [7, 11) is 0. The number of carboxylic acid groups (broad SMARTS) is 1. The van der Waals surface area contributed by atoms with E-state index < -0.39 is 5.97 Å². The minimum Gasteiger partial charge on any atom is -0.480 e. The van der Waals surface area contributed by atoms with Crippen LogP contribution in [0.2, 0.25) is 0 Å². The third-order valence-electron chi connectivity index (χ3n) is 5.36. The second-order valence-corrected chi connectivity index (χ2v) is 8.01. The van der Waals surface area contributed by atoms with Crippen LogP contribution in [-0.2, 0) is 30.6 Å². The molecule has 28 heavy (non-hydrogen) atoms. The first-order valence-electron chi connectivity index (χ1n) is 9.51. The van der Waals surface area contributed by atoms with E-state index in [0.717, 1.165) is 29.8 Å². The monoisotopic (exact) mass is 389 g/mol. The number of carboxylic acids is 1. The highest BCUT2D eigenvalue weighted by atomic mass is 32.1. The van der Waals surface area contributed by atoms with Crippen molar-refractivity contribution < 1.29 is 9.90 Å². The van der Waals surface area contributed by atoms with E-state index >= 15 is 0 Å². The fourth-order valence-corrected chi connectivity index (χ4v) is 4.87. The quantitative estimate of drug-likeness (QED) is 0.455. The first kappa shape index (κ1) is 18.5. The number of aryl methyl sites for hydroxylation is 2. The molecular formula is C24H23NO2S. The molecule has 0 aliphatic carbocycles.